The number of hydrogen-bond donors (Lipinski definition) is 1. The third kappa shape index (κ3) is 4.51. The molecule has 0 amide bonds. The number of nitrogens with one attached hydrogen (secondary N) is 1. The van der Waals surface area contributed by atoms with E-state index >= 15 is 0 Å². The molecule has 0 aliphatic rings. The van der Waals surface area contributed by atoms with E-state index in [9.17, 15) is 0 Å². The van der Waals surface area contributed by atoms with Crippen molar-refractivity contribution < 1.29 is 9.47 Å². The van der Waals surface area contributed by atoms with Gasteiger partial charge < -0.3 is 14.8 Å². The minimum Gasteiger partial charge on any atom is -0.379 e. The molecule has 0 saturated carbocycles. The van der Waals surface area contributed by atoms with Crippen LogP contribution in [0.5, 0.6) is 0 Å². The Labute approximate surface area is 105 Å². The van der Waals surface area contributed by atoms with Crippen molar-refractivity contribution >= 4 is 21.6 Å². The minimum absolute atomic E-state index is 0.192. The van der Waals surface area contributed by atoms with Crippen molar-refractivity contribution in [1.82, 2.24) is 0 Å². The molecule has 0 aromatic heterocycles. The van der Waals surface area contributed by atoms with E-state index < -0.39 is 0 Å². The van der Waals surface area contributed by atoms with E-state index in [2.05, 4.69) is 21.2 Å². The summed E-state index contributed by atoms with van der Waals surface area (Å²) in [6.45, 7) is 5.88. The van der Waals surface area contributed by atoms with Gasteiger partial charge in [0.05, 0.1) is 6.54 Å². The molecule has 0 heterocycles. The van der Waals surface area contributed by atoms with Crippen LogP contribution in [0.2, 0.25) is 0 Å². The van der Waals surface area contributed by atoms with Gasteiger partial charge in [0, 0.05) is 23.4 Å². The number of ether oxygens (including phenoxy) is 2. The fourth-order valence-corrected chi connectivity index (χ4v) is 1.76. The predicted molar refractivity (Wildman–Crippen MR) is 69.7 cm³/mol. The third-order valence-corrected chi connectivity index (χ3v) is 2.73. The SMILES string of the molecule is CCOC(CNc1ccccc1Br)OCC. The summed E-state index contributed by atoms with van der Waals surface area (Å²) in [6, 6.07) is 7.99. The average molecular weight is 288 g/mol. The van der Waals surface area contributed by atoms with Gasteiger partial charge in [0.25, 0.3) is 0 Å². The average Bonchev–Trinajstić information content (AvgIpc) is 2.28. The van der Waals surface area contributed by atoms with Crippen LogP contribution in [0.4, 0.5) is 5.69 Å². The van der Waals surface area contributed by atoms with Gasteiger partial charge in [-0.2, -0.15) is 0 Å². The lowest BCUT2D eigenvalue weighted by Crippen LogP contribution is -2.26. The molecule has 4 heteroatoms. The first-order valence-electron chi connectivity index (χ1n) is 5.49. The van der Waals surface area contributed by atoms with Crippen molar-refractivity contribution in [2.75, 3.05) is 25.1 Å². The number of benzene rings is 1. The Morgan fingerprint density at radius 3 is 2.38 bits per heavy atom. The molecule has 1 N–H and O–H groups in total. The van der Waals surface area contributed by atoms with Gasteiger partial charge in [0.2, 0.25) is 0 Å². The molecule has 1 aromatic carbocycles. The molecule has 0 fully saturated rings. The molecule has 1 rings (SSSR count). The van der Waals surface area contributed by atoms with E-state index in [0.717, 1.165) is 10.2 Å². The van der Waals surface area contributed by atoms with Gasteiger partial charge in [0.15, 0.2) is 6.29 Å². The fraction of sp³-hybridized carbons (Fsp3) is 0.500. The maximum atomic E-state index is 5.44. The van der Waals surface area contributed by atoms with E-state index in [-0.39, 0.29) is 6.29 Å². The Kier molecular flexibility index (Phi) is 6.45. The lowest BCUT2D eigenvalue weighted by Gasteiger charge is -2.18. The summed E-state index contributed by atoms with van der Waals surface area (Å²) < 4.78 is 11.9. The molecule has 0 unspecified atom stereocenters. The maximum absolute atomic E-state index is 5.44. The van der Waals surface area contributed by atoms with E-state index in [4.69, 9.17) is 9.47 Å². The van der Waals surface area contributed by atoms with Gasteiger partial charge in [0.1, 0.15) is 0 Å². The number of para-hydroxylation sites is 1. The van der Waals surface area contributed by atoms with Crippen molar-refractivity contribution in [2.45, 2.75) is 20.1 Å². The second-order valence-electron chi connectivity index (χ2n) is 3.20. The van der Waals surface area contributed by atoms with Crippen LogP contribution in [-0.2, 0) is 9.47 Å². The number of anilines is 1. The first kappa shape index (κ1) is 13.5. The molecule has 0 atom stereocenters. The molecular formula is C12H18BrNO2. The Morgan fingerprint density at radius 1 is 1.19 bits per heavy atom. The lowest BCUT2D eigenvalue weighted by atomic mass is 10.3. The second-order valence-corrected chi connectivity index (χ2v) is 4.06. The monoisotopic (exact) mass is 287 g/mol. The topological polar surface area (TPSA) is 30.5 Å². The van der Waals surface area contributed by atoms with Crippen LogP contribution in [0.3, 0.4) is 0 Å². The molecular weight excluding hydrogens is 270 g/mol. The molecule has 0 aliphatic heterocycles. The van der Waals surface area contributed by atoms with Gasteiger partial charge in [-0.15, -0.1) is 0 Å². The zero-order valence-electron chi connectivity index (χ0n) is 9.70. The summed E-state index contributed by atoms with van der Waals surface area (Å²) >= 11 is 3.48. The number of halogens is 1. The van der Waals surface area contributed by atoms with Gasteiger partial charge in [-0.05, 0) is 41.9 Å². The van der Waals surface area contributed by atoms with Crippen LogP contribution >= 0.6 is 15.9 Å². The van der Waals surface area contributed by atoms with Crippen molar-refractivity contribution in [3.8, 4) is 0 Å². The maximum Gasteiger partial charge on any atom is 0.174 e. The van der Waals surface area contributed by atoms with Crippen LogP contribution in [0, 0.1) is 0 Å². The molecule has 3 nitrogen and oxygen atoms in total. The summed E-state index contributed by atoms with van der Waals surface area (Å²) in [5.74, 6) is 0. The first-order chi connectivity index (χ1) is 7.77. The molecule has 0 radical (unpaired) electrons. The Bertz CT molecular complexity index is 301. The van der Waals surface area contributed by atoms with Crippen molar-refractivity contribution in [2.24, 2.45) is 0 Å². The number of hydrogen-bond acceptors (Lipinski definition) is 3. The summed E-state index contributed by atoms with van der Waals surface area (Å²) in [4.78, 5) is 0. The van der Waals surface area contributed by atoms with E-state index in [0.29, 0.717) is 19.8 Å². The molecule has 16 heavy (non-hydrogen) atoms. The minimum atomic E-state index is -0.192. The Morgan fingerprint density at radius 2 is 1.81 bits per heavy atom. The van der Waals surface area contributed by atoms with Crippen LogP contribution in [0.15, 0.2) is 28.7 Å². The predicted octanol–water partition coefficient (Wildman–Crippen LogP) is 3.26. The highest BCUT2D eigenvalue weighted by Gasteiger charge is 2.07. The van der Waals surface area contributed by atoms with Gasteiger partial charge in [-0.1, -0.05) is 12.1 Å². The third-order valence-electron chi connectivity index (χ3n) is 2.04. The smallest absolute Gasteiger partial charge is 0.174 e. The Hall–Kier alpha value is -0.580. The molecule has 1 aromatic rings. The van der Waals surface area contributed by atoms with E-state index in [1.165, 1.54) is 0 Å². The van der Waals surface area contributed by atoms with Crippen molar-refractivity contribution in [3.63, 3.8) is 0 Å². The van der Waals surface area contributed by atoms with Crippen LogP contribution in [0.1, 0.15) is 13.8 Å². The molecule has 0 bridgehead atoms. The lowest BCUT2D eigenvalue weighted by molar-refractivity contribution is -0.126. The van der Waals surface area contributed by atoms with E-state index in [1.54, 1.807) is 0 Å². The zero-order valence-corrected chi connectivity index (χ0v) is 11.3. The highest BCUT2D eigenvalue weighted by atomic mass is 79.9. The summed E-state index contributed by atoms with van der Waals surface area (Å²) in [5.41, 5.74) is 1.05. The quantitative estimate of drug-likeness (QED) is 0.781. The van der Waals surface area contributed by atoms with Gasteiger partial charge in [-0.25, -0.2) is 0 Å². The normalized spacial score (nSPS) is 10.8. The summed E-state index contributed by atoms with van der Waals surface area (Å²) in [5, 5.41) is 3.29. The summed E-state index contributed by atoms with van der Waals surface area (Å²) in [6.07, 6.45) is -0.192. The highest BCUT2D eigenvalue weighted by Crippen LogP contribution is 2.21. The van der Waals surface area contributed by atoms with Crippen LogP contribution in [0.25, 0.3) is 0 Å². The molecule has 0 saturated heterocycles. The standard InChI is InChI=1S/C12H18BrNO2/c1-3-15-12(16-4-2)9-14-11-8-6-5-7-10(11)13/h5-8,12,14H,3-4,9H2,1-2H3. The first-order valence-corrected chi connectivity index (χ1v) is 6.28. The van der Waals surface area contributed by atoms with Crippen LogP contribution < -0.4 is 5.32 Å². The highest BCUT2D eigenvalue weighted by molar-refractivity contribution is 9.10. The van der Waals surface area contributed by atoms with Gasteiger partial charge >= 0.3 is 0 Å². The molecule has 90 valence electrons. The molecule has 0 spiro atoms. The molecule has 0 aliphatic carbocycles. The largest absolute Gasteiger partial charge is 0.379 e. The zero-order chi connectivity index (χ0) is 11.8. The fourth-order valence-electron chi connectivity index (χ4n) is 1.34. The van der Waals surface area contributed by atoms with Crippen molar-refractivity contribution in [1.29, 1.82) is 0 Å². The van der Waals surface area contributed by atoms with Gasteiger partial charge in [-0.3, -0.25) is 0 Å². The summed E-state index contributed by atoms with van der Waals surface area (Å²) in [7, 11) is 0. The second kappa shape index (κ2) is 7.65. The Balaban J connectivity index is 2.45. The van der Waals surface area contributed by atoms with Crippen LogP contribution in [-0.4, -0.2) is 26.0 Å². The van der Waals surface area contributed by atoms with Crippen molar-refractivity contribution in [3.05, 3.63) is 28.7 Å². The number of rotatable bonds is 7. The van der Waals surface area contributed by atoms with E-state index in [1.807, 2.05) is 38.1 Å².